The molecule has 0 N–H and O–H groups in total. The second-order valence-corrected chi connectivity index (χ2v) is 2.79. The molecule has 0 fully saturated rings. The standard InChI is InChI=1S/C11H16N2/c1-3-13(4-2)12-10-11-8-6-5-7-9-11/h5-10H,3-4H2,1-2H3. The highest BCUT2D eigenvalue weighted by atomic mass is 15.4. The van der Waals surface area contributed by atoms with Crippen molar-refractivity contribution in [1.29, 1.82) is 0 Å². The first-order chi connectivity index (χ1) is 6.36. The Hall–Kier alpha value is -1.31. The van der Waals surface area contributed by atoms with Gasteiger partial charge in [0.2, 0.25) is 0 Å². The Bertz CT molecular complexity index is 250. The summed E-state index contributed by atoms with van der Waals surface area (Å²) >= 11 is 0. The first-order valence-corrected chi connectivity index (χ1v) is 4.70. The van der Waals surface area contributed by atoms with Crippen LogP contribution in [0.1, 0.15) is 19.4 Å². The molecule has 13 heavy (non-hydrogen) atoms. The van der Waals surface area contributed by atoms with Crippen LogP contribution in [0.25, 0.3) is 0 Å². The molecule has 0 aliphatic heterocycles. The second-order valence-electron chi connectivity index (χ2n) is 2.79. The van der Waals surface area contributed by atoms with Crippen molar-refractivity contribution >= 4 is 6.21 Å². The quantitative estimate of drug-likeness (QED) is 0.508. The maximum Gasteiger partial charge on any atom is 0.0542 e. The van der Waals surface area contributed by atoms with Gasteiger partial charge in [0.25, 0.3) is 0 Å². The summed E-state index contributed by atoms with van der Waals surface area (Å²) in [5.74, 6) is 0. The summed E-state index contributed by atoms with van der Waals surface area (Å²) < 4.78 is 0. The summed E-state index contributed by atoms with van der Waals surface area (Å²) in [5, 5.41) is 6.36. The second kappa shape index (κ2) is 5.36. The number of hydrazone groups is 1. The van der Waals surface area contributed by atoms with E-state index in [9.17, 15) is 0 Å². The molecule has 0 aliphatic carbocycles. The van der Waals surface area contributed by atoms with Crippen LogP contribution in [-0.4, -0.2) is 24.3 Å². The number of nitrogens with zero attached hydrogens (tertiary/aromatic N) is 2. The minimum atomic E-state index is 0.958. The topological polar surface area (TPSA) is 15.6 Å². The normalized spacial score (nSPS) is 10.6. The van der Waals surface area contributed by atoms with E-state index in [1.807, 2.05) is 41.6 Å². The summed E-state index contributed by atoms with van der Waals surface area (Å²) in [4.78, 5) is 0. The lowest BCUT2D eigenvalue weighted by Gasteiger charge is -2.12. The molecule has 0 spiro atoms. The number of rotatable bonds is 4. The van der Waals surface area contributed by atoms with Gasteiger partial charge >= 0.3 is 0 Å². The summed E-state index contributed by atoms with van der Waals surface area (Å²) in [6, 6.07) is 10.1. The third-order valence-corrected chi connectivity index (χ3v) is 1.90. The van der Waals surface area contributed by atoms with Gasteiger partial charge in [0.05, 0.1) is 6.21 Å². The molecule has 0 bridgehead atoms. The van der Waals surface area contributed by atoms with Gasteiger partial charge in [-0.25, -0.2) is 0 Å². The third-order valence-electron chi connectivity index (χ3n) is 1.90. The van der Waals surface area contributed by atoms with Crippen LogP contribution in [0.3, 0.4) is 0 Å². The maximum atomic E-state index is 4.34. The van der Waals surface area contributed by atoms with E-state index in [0.29, 0.717) is 0 Å². The Kier molecular flexibility index (Phi) is 4.03. The summed E-state index contributed by atoms with van der Waals surface area (Å²) in [6.07, 6.45) is 1.90. The molecule has 1 aromatic carbocycles. The Morgan fingerprint density at radius 1 is 1.15 bits per heavy atom. The van der Waals surface area contributed by atoms with Gasteiger partial charge in [-0.05, 0) is 19.4 Å². The van der Waals surface area contributed by atoms with Crippen molar-refractivity contribution in [2.45, 2.75) is 13.8 Å². The highest BCUT2D eigenvalue weighted by Crippen LogP contribution is 1.95. The van der Waals surface area contributed by atoms with Crippen molar-refractivity contribution < 1.29 is 0 Å². The summed E-state index contributed by atoms with van der Waals surface area (Å²) in [5.41, 5.74) is 1.15. The first-order valence-electron chi connectivity index (χ1n) is 4.70. The van der Waals surface area contributed by atoms with E-state index in [0.717, 1.165) is 18.7 Å². The Morgan fingerprint density at radius 2 is 1.77 bits per heavy atom. The van der Waals surface area contributed by atoms with Crippen molar-refractivity contribution in [3.63, 3.8) is 0 Å². The lowest BCUT2D eigenvalue weighted by Crippen LogP contribution is -2.15. The lowest BCUT2D eigenvalue weighted by atomic mass is 10.2. The Labute approximate surface area is 79.9 Å². The molecule has 70 valence electrons. The number of hydrogen-bond donors (Lipinski definition) is 0. The minimum Gasteiger partial charge on any atom is -0.298 e. The number of hydrogen-bond acceptors (Lipinski definition) is 2. The Balaban J connectivity index is 2.57. The van der Waals surface area contributed by atoms with Crippen LogP contribution in [-0.2, 0) is 0 Å². The highest BCUT2D eigenvalue weighted by molar-refractivity contribution is 5.79. The van der Waals surface area contributed by atoms with Gasteiger partial charge in [-0.1, -0.05) is 30.3 Å². The predicted molar refractivity (Wildman–Crippen MR) is 57.0 cm³/mol. The predicted octanol–water partition coefficient (Wildman–Crippen LogP) is 2.36. The van der Waals surface area contributed by atoms with Gasteiger partial charge in [0.1, 0.15) is 0 Å². The average molecular weight is 176 g/mol. The van der Waals surface area contributed by atoms with Gasteiger partial charge in [0, 0.05) is 13.1 Å². The van der Waals surface area contributed by atoms with E-state index in [-0.39, 0.29) is 0 Å². The molecule has 1 aromatic rings. The smallest absolute Gasteiger partial charge is 0.0542 e. The molecule has 0 saturated heterocycles. The zero-order valence-electron chi connectivity index (χ0n) is 8.27. The summed E-state index contributed by atoms with van der Waals surface area (Å²) in [6.45, 7) is 6.12. The van der Waals surface area contributed by atoms with Crippen LogP contribution in [0, 0.1) is 0 Å². The van der Waals surface area contributed by atoms with Crippen molar-refractivity contribution in [3.8, 4) is 0 Å². The van der Waals surface area contributed by atoms with E-state index < -0.39 is 0 Å². The maximum absolute atomic E-state index is 4.34. The van der Waals surface area contributed by atoms with E-state index >= 15 is 0 Å². The van der Waals surface area contributed by atoms with Crippen LogP contribution < -0.4 is 0 Å². The van der Waals surface area contributed by atoms with Crippen LogP contribution in [0.5, 0.6) is 0 Å². The molecular weight excluding hydrogens is 160 g/mol. The largest absolute Gasteiger partial charge is 0.298 e. The molecule has 0 atom stereocenters. The van der Waals surface area contributed by atoms with Crippen molar-refractivity contribution in [1.82, 2.24) is 5.01 Å². The van der Waals surface area contributed by atoms with Gasteiger partial charge < -0.3 is 0 Å². The van der Waals surface area contributed by atoms with Crippen molar-refractivity contribution in [2.75, 3.05) is 13.1 Å². The molecule has 1 rings (SSSR count). The van der Waals surface area contributed by atoms with Gasteiger partial charge in [-0.15, -0.1) is 0 Å². The first kappa shape index (κ1) is 9.78. The molecule has 0 aliphatic rings. The summed E-state index contributed by atoms with van der Waals surface area (Å²) in [7, 11) is 0. The molecule has 0 heterocycles. The molecule has 0 saturated carbocycles. The van der Waals surface area contributed by atoms with Crippen LogP contribution in [0.15, 0.2) is 35.4 Å². The molecule has 0 radical (unpaired) electrons. The zero-order valence-corrected chi connectivity index (χ0v) is 8.27. The van der Waals surface area contributed by atoms with E-state index in [2.05, 4.69) is 18.9 Å². The van der Waals surface area contributed by atoms with E-state index in [4.69, 9.17) is 0 Å². The molecule has 2 nitrogen and oxygen atoms in total. The van der Waals surface area contributed by atoms with Gasteiger partial charge in [-0.2, -0.15) is 5.10 Å². The van der Waals surface area contributed by atoms with Gasteiger partial charge in [-0.3, -0.25) is 5.01 Å². The highest BCUT2D eigenvalue weighted by Gasteiger charge is 1.90. The van der Waals surface area contributed by atoms with Crippen molar-refractivity contribution in [3.05, 3.63) is 35.9 Å². The van der Waals surface area contributed by atoms with Crippen LogP contribution in [0.4, 0.5) is 0 Å². The monoisotopic (exact) mass is 176 g/mol. The molecule has 2 heteroatoms. The zero-order chi connectivity index (χ0) is 9.52. The van der Waals surface area contributed by atoms with E-state index in [1.54, 1.807) is 0 Å². The van der Waals surface area contributed by atoms with Gasteiger partial charge in [0.15, 0.2) is 0 Å². The van der Waals surface area contributed by atoms with Crippen molar-refractivity contribution in [2.24, 2.45) is 5.10 Å². The Morgan fingerprint density at radius 3 is 2.31 bits per heavy atom. The minimum absolute atomic E-state index is 0.958. The fraction of sp³-hybridized carbons (Fsp3) is 0.364. The molecule has 0 aromatic heterocycles. The fourth-order valence-corrected chi connectivity index (χ4v) is 1.07. The molecular formula is C11H16N2. The average Bonchev–Trinajstić information content (AvgIpc) is 2.21. The third kappa shape index (κ3) is 3.28. The molecule has 0 amide bonds. The SMILES string of the molecule is CCN(CC)N=Cc1ccccc1. The van der Waals surface area contributed by atoms with E-state index in [1.165, 1.54) is 0 Å². The molecule has 0 unspecified atom stereocenters. The lowest BCUT2D eigenvalue weighted by molar-refractivity contribution is 0.323. The van der Waals surface area contributed by atoms with Crippen LogP contribution >= 0.6 is 0 Å². The van der Waals surface area contributed by atoms with Crippen LogP contribution in [0.2, 0.25) is 0 Å². The number of benzene rings is 1. The fourth-order valence-electron chi connectivity index (χ4n) is 1.07.